The largest absolute Gasteiger partial charge is 0.481 e. The van der Waals surface area contributed by atoms with Crippen molar-refractivity contribution in [2.75, 3.05) is 14.2 Å². The molecule has 0 spiro atoms. The van der Waals surface area contributed by atoms with Gasteiger partial charge < -0.3 is 9.47 Å². The summed E-state index contributed by atoms with van der Waals surface area (Å²) in [4.78, 5) is 11.6. The van der Waals surface area contributed by atoms with Crippen molar-refractivity contribution in [3.8, 4) is 5.88 Å². The van der Waals surface area contributed by atoms with Crippen molar-refractivity contribution in [3.05, 3.63) is 29.2 Å². The number of fused-ring (bicyclic) bond motifs is 1. The van der Waals surface area contributed by atoms with Crippen LogP contribution >= 0.6 is 0 Å². The standard InChI is InChI=1S/C11H11FN2O3/c1-6-9(11(15)17-3)10-7(12)4-5-8(16-2)14(10)13-6/h4-5H,1-3H3. The molecule has 2 heterocycles. The first-order chi connectivity index (χ1) is 8.10. The molecule has 17 heavy (non-hydrogen) atoms. The Hall–Kier alpha value is -2.11. The third kappa shape index (κ3) is 1.61. The molecule has 0 unspecified atom stereocenters. The SMILES string of the molecule is COC(=O)c1c(C)nn2c(OC)ccc(F)c12. The molecule has 2 rings (SSSR count). The van der Waals surface area contributed by atoms with Gasteiger partial charge in [-0.05, 0) is 13.0 Å². The van der Waals surface area contributed by atoms with Crippen molar-refractivity contribution in [1.82, 2.24) is 9.61 Å². The molecule has 2 aromatic rings. The molecule has 0 bridgehead atoms. The highest BCUT2D eigenvalue weighted by Gasteiger charge is 2.22. The van der Waals surface area contributed by atoms with E-state index in [4.69, 9.17) is 4.74 Å². The highest BCUT2D eigenvalue weighted by molar-refractivity contribution is 5.98. The highest BCUT2D eigenvalue weighted by Crippen LogP contribution is 2.24. The van der Waals surface area contributed by atoms with E-state index >= 15 is 0 Å². The number of hydrogen-bond donors (Lipinski definition) is 0. The molecular weight excluding hydrogens is 227 g/mol. The average Bonchev–Trinajstić information content (AvgIpc) is 2.67. The second kappa shape index (κ2) is 4.04. The fraction of sp³-hybridized carbons (Fsp3) is 0.273. The topological polar surface area (TPSA) is 52.8 Å². The lowest BCUT2D eigenvalue weighted by atomic mass is 10.2. The van der Waals surface area contributed by atoms with Crippen molar-refractivity contribution in [3.63, 3.8) is 0 Å². The number of methoxy groups -OCH3 is 2. The van der Waals surface area contributed by atoms with Gasteiger partial charge in [0.2, 0.25) is 5.88 Å². The number of aromatic nitrogens is 2. The molecule has 2 aromatic heterocycles. The van der Waals surface area contributed by atoms with E-state index in [0.717, 1.165) is 0 Å². The van der Waals surface area contributed by atoms with Gasteiger partial charge in [-0.2, -0.15) is 9.61 Å². The van der Waals surface area contributed by atoms with Crippen molar-refractivity contribution >= 4 is 11.5 Å². The van der Waals surface area contributed by atoms with Crippen LogP contribution in [0.3, 0.4) is 0 Å². The van der Waals surface area contributed by atoms with Crippen LogP contribution < -0.4 is 4.74 Å². The fourth-order valence-corrected chi connectivity index (χ4v) is 1.70. The maximum absolute atomic E-state index is 13.7. The number of nitrogens with zero attached hydrogens (tertiary/aromatic N) is 2. The van der Waals surface area contributed by atoms with E-state index in [1.54, 1.807) is 6.92 Å². The summed E-state index contributed by atoms with van der Waals surface area (Å²) in [6.45, 7) is 1.61. The van der Waals surface area contributed by atoms with E-state index in [9.17, 15) is 9.18 Å². The highest BCUT2D eigenvalue weighted by atomic mass is 19.1. The van der Waals surface area contributed by atoms with Crippen LogP contribution in [0.5, 0.6) is 5.88 Å². The van der Waals surface area contributed by atoms with E-state index < -0.39 is 11.8 Å². The lowest BCUT2D eigenvalue weighted by Gasteiger charge is -2.04. The van der Waals surface area contributed by atoms with E-state index in [2.05, 4.69) is 9.84 Å². The third-order valence-corrected chi connectivity index (χ3v) is 2.47. The first-order valence-corrected chi connectivity index (χ1v) is 4.90. The molecule has 6 heteroatoms. The Morgan fingerprint density at radius 3 is 2.71 bits per heavy atom. The van der Waals surface area contributed by atoms with E-state index in [1.807, 2.05) is 0 Å². The molecule has 0 saturated carbocycles. The Balaban J connectivity index is 2.85. The summed E-state index contributed by atoms with van der Waals surface area (Å²) in [5.41, 5.74) is 0.567. The predicted octanol–water partition coefficient (Wildman–Crippen LogP) is 1.58. The van der Waals surface area contributed by atoms with Gasteiger partial charge in [0.05, 0.1) is 19.9 Å². The Bertz CT molecular complexity index is 592. The van der Waals surface area contributed by atoms with Gasteiger partial charge in [-0.15, -0.1) is 0 Å². The number of pyridine rings is 1. The quantitative estimate of drug-likeness (QED) is 0.745. The first-order valence-electron chi connectivity index (χ1n) is 4.90. The molecular formula is C11H11FN2O3. The number of hydrogen-bond acceptors (Lipinski definition) is 4. The predicted molar refractivity (Wildman–Crippen MR) is 57.8 cm³/mol. The minimum Gasteiger partial charge on any atom is -0.481 e. The molecule has 0 aromatic carbocycles. The van der Waals surface area contributed by atoms with Gasteiger partial charge in [-0.1, -0.05) is 0 Å². The van der Waals surface area contributed by atoms with Crippen molar-refractivity contribution in [2.45, 2.75) is 6.92 Å². The summed E-state index contributed by atoms with van der Waals surface area (Å²) < 4.78 is 24.7. The molecule has 0 N–H and O–H groups in total. The summed E-state index contributed by atoms with van der Waals surface area (Å²) in [7, 11) is 2.69. The van der Waals surface area contributed by atoms with Gasteiger partial charge >= 0.3 is 5.97 Å². The summed E-state index contributed by atoms with van der Waals surface area (Å²) >= 11 is 0. The Morgan fingerprint density at radius 1 is 1.41 bits per heavy atom. The van der Waals surface area contributed by atoms with Crippen LogP contribution in [0.25, 0.3) is 5.52 Å². The molecule has 0 aliphatic carbocycles. The molecule has 0 atom stereocenters. The molecule has 0 radical (unpaired) electrons. The first kappa shape index (κ1) is 11.4. The van der Waals surface area contributed by atoms with Gasteiger partial charge in [0.25, 0.3) is 0 Å². The maximum atomic E-state index is 13.7. The lowest BCUT2D eigenvalue weighted by Crippen LogP contribution is -2.04. The Morgan fingerprint density at radius 2 is 2.12 bits per heavy atom. The van der Waals surface area contributed by atoms with Gasteiger partial charge in [-0.3, -0.25) is 0 Å². The number of halogens is 1. The molecule has 0 aliphatic rings. The summed E-state index contributed by atoms with van der Waals surface area (Å²) in [6.07, 6.45) is 0. The van der Waals surface area contributed by atoms with Crippen molar-refractivity contribution in [2.24, 2.45) is 0 Å². The second-order valence-corrected chi connectivity index (χ2v) is 3.44. The zero-order valence-electron chi connectivity index (χ0n) is 9.65. The molecule has 0 aliphatic heterocycles. The minimum absolute atomic E-state index is 0.0636. The van der Waals surface area contributed by atoms with Crippen LogP contribution in [0.1, 0.15) is 16.1 Å². The number of ether oxygens (including phenoxy) is 2. The Kier molecular flexibility index (Phi) is 2.71. The minimum atomic E-state index is -0.621. The zero-order valence-corrected chi connectivity index (χ0v) is 9.65. The van der Waals surface area contributed by atoms with E-state index in [-0.39, 0.29) is 11.1 Å². The smallest absolute Gasteiger partial charge is 0.342 e. The van der Waals surface area contributed by atoms with Crippen LogP contribution in [-0.4, -0.2) is 29.8 Å². The normalized spacial score (nSPS) is 10.6. The van der Waals surface area contributed by atoms with Gasteiger partial charge in [0.1, 0.15) is 16.9 Å². The van der Waals surface area contributed by atoms with Crippen LogP contribution in [0.15, 0.2) is 12.1 Å². The number of carbonyl (C=O) groups excluding carboxylic acids is 1. The molecule has 0 saturated heterocycles. The molecule has 5 nitrogen and oxygen atoms in total. The van der Waals surface area contributed by atoms with Crippen molar-refractivity contribution < 1.29 is 18.7 Å². The molecule has 0 fully saturated rings. The number of aryl methyl sites for hydroxylation is 1. The van der Waals surface area contributed by atoms with Gasteiger partial charge in [0, 0.05) is 6.07 Å². The van der Waals surface area contributed by atoms with Gasteiger partial charge in [-0.25, -0.2) is 9.18 Å². The molecule has 0 amide bonds. The van der Waals surface area contributed by atoms with Crippen LogP contribution in [0.4, 0.5) is 4.39 Å². The maximum Gasteiger partial charge on any atom is 0.342 e. The average molecular weight is 238 g/mol. The van der Waals surface area contributed by atoms with Gasteiger partial charge in [0.15, 0.2) is 0 Å². The van der Waals surface area contributed by atoms with Crippen LogP contribution in [-0.2, 0) is 4.74 Å². The summed E-state index contributed by atoms with van der Waals surface area (Å²) in [5, 5.41) is 4.06. The number of carbonyl (C=O) groups is 1. The number of rotatable bonds is 2. The second-order valence-electron chi connectivity index (χ2n) is 3.44. The van der Waals surface area contributed by atoms with Crippen LogP contribution in [0.2, 0.25) is 0 Å². The summed E-state index contributed by atoms with van der Waals surface area (Å²) in [6, 6.07) is 2.66. The van der Waals surface area contributed by atoms with Crippen molar-refractivity contribution in [1.29, 1.82) is 0 Å². The Labute approximate surface area is 96.8 Å². The van der Waals surface area contributed by atoms with E-state index in [0.29, 0.717) is 11.6 Å². The fourth-order valence-electron chi connectivity index (χ4n) is 1.70. The third-order valence-electron chi connectivity index (χ3n) is 2.47. The zero-order chi connectivity index (χ0) is 12.6. The molecule has 90 valence electrons. The number of esters is 1. The monoisotopic (exact) mass is 238 g/mol. The summed E-state index contributed by atoms with van der Waals surface area (Å²) in [5.74, 6) is -0.823. The van der Waals surface area contributed by atoms with E-state index in [1.165, 1.54) is 30.9 Å². The lowest BCUT2D eigenvalue weighted by molar-refractivity contribution is 0.0602. The van der Waals surface area contributed by atoms with Crippen LogP contribution in [0, 0.1) is 12.7 Å².